The molecule has 0 spiro atoms. The smallest absolute Gasteiger partial charge is 0.308 e. The number of benzene rings is 3. The molecule has 0 aliphatic rings. The molecule has 0 saturated heterocycles. The predicted octanol–water partition coefficient (Wildman–Crippen LogP) is 5.35. The normalized spacial score (nSPS) is 10.8. The molecule has 0 atom stereocenters. The van der Waals surface area contributed by atoms with Gasteiger partial charge in [-0.15, -0.1) is 0 Å². The average Bonchev–Trinajstić information content (AvgIpc) is 3.33. The maximum Gasteiger partial charge on any atom is 0.308 e. The molecule has 4 aromatic rings. The molecule has 0 aliphatic heterocycles. The molecular weight excluding hydrogens is 470 g/mol. The van der Waals surface area contributed by atoms with Gasteiger partial charge in [-0.3, -0.25) is 9.59 Å². The first-order chi connectivity index (χ1) is 17.9. The number of aromatic nitrogens is 2. The molecule has 0 saturated carbocycles. The van der Waals surface area contributed by atoms with Crippen LogP contribution in [-0.4, -0.2) is 28.5 Å². The lowest BCUT2D eigenvalue weighted by Gasteiger charge is -2.12. The van der Waals surface area contributed by atoms with Gasteiger partial charge in [-0.05, 0) is 48.9 Å². The van der Waals surface area contributed by atoms with Gasteiger partial charge in [0.2, 0.25) is 5.91 Å². The SMILES string of the molecule is COc1ccc(C=CC(=O)Nc2ccccc2COc2cccc(-n3cnc(C)c3)c2)cc1OC(C)=O. The van der Waals surface area contributed by atoms with Crippen LogP contribution in [0.3, 0.4) is 0 Å². The molecule has 188 valence electrons. The van der Waals surface area contributed by atoms with Gasteiger partial charge in [0.05, 0.1) is 24.8 Å². The minimum Gasteiger partial charge on any atom is -0.493 e. The molecule has 1 heterocycles. The third-order valence-corrected chi connectivity index (χ3v) is 5.37. The fourth-order valence-corrected chi connectivity index (χ4v) is 3.60. The molecule has 0 bridgehead atoms. The van der Waals surface area contributed by atoms with E-state index in [-0.39, 0.29) is 18.3 Å². The first kappa shape index (κ1) is 25.2. The van der Waals surface area contributed by atoms with Crippen LogP contribution in [0.2, 0.25) is 0 Å². The molecule has 8 heteroatoms. The number of carbonyl (C=O) groups excluding carboxylic acids is 2. The quantitative estimate of drug-likeness (QED) is 0.191. The number of aryl methyl sites for hydroxylation is 1. The van der Waals surface area contributed by atoms with Crippen LogP contribution in [0.15, 0.2) is 85.3 Å². The van der Waals surface area contributed by atoms with E-state index in [4.69, 9.17) is 14.2 Å². The van der Waals surface area contributed by atoms with E-state index >= 15 is 0 Å². The maximum absolute atomic E-state index is 12.6. The summed E-state index contributed by atoms with van der Waals surface area (Å²) in [5, 5.41) is 2.90. The van der Waals surface area contributed by atoms with Crippen LogP contribution in [0, 0.1) is 6.92 Å². The summed E-state index contributed by atoms with van der Waals surface area (Å²) in [6, 6.07) is 20.2. The van der Waals surface area contributed by atoms with Crippen molar-refractivity contribution in [2.45, 2.75) is 20.5 Å². The molecule has 8 nitrogen and oxygen atoms in total. The van der Waals surface area contributed by atoms with E-state index < -0.39 is 5.97 Å². The molecule has 0 aliphatic carbocycles. The van der Waals surface area contributed by atoms with Crippen LogP contribution in [0.1, 0.15) is 23.7 Å². The number of rotatable bonds is 9. The monoisotopic (exact) mass is 497 g/mol. The van der Waals surface area contributed by atoms with Gasteiger partial charge in [-0.2, -0.15) is 0 Å². The number of amides is 1. The van der Waals surface area contributed by atoms with Crippen molar-refractivity contribution in [3.05, 3.63) is 102 Å². The molecular formula is C29H27N3O5. The zero-order chi connectivity index (χ0) is 26.2. The van der Waals surface area contributed by atoms with Gasteiger partial charge in [0, 0.05) is 36.5 Å². The molecule has 37 heavy (non-hydrogen) atoms. The van der Waals surface area contributed by atoms with Gasteiger partial charge in [0.1, 0.15) is 12.4 Å². The highest BCUT2D eigenvalue weighted by atomic mass is 16.6. The fourth-order valence-electron chi connectivity index (χ4n) is 3.60. The zero-order valence-corrected chi connectivity index (χ0v) is 20.8. The number of para-hydroxylation sites is 1. The summed E-state index contributed by atoms with van der Waals surface area (Å²) in [4.78, 5) is 28.3. The summed E-state index contributed by atoms with van der Waals surface area (Å²) in [6.45, 7) is 3.53. The van der Waals surface area contributed by atoms with Crippen molar-refractivity contribution in [1.82, 2.24) is 9.55 Å². The van der Waals surface area contributed by atoms with Gasteiger partial charge in [0.15, 0.2) is 11.5 Å². The summed E-state index contributed by atoms with van der Waals surface area (Å²) in [6.07, 6.45) is 6.74. The highest BCUT2D eigenvalue weighted by Crippen LogP contribution is 2.29. The summed E-state index contributed by atoms with van der Waals surface area (Å²) in [5.74, 6) is 0.644. The van der Waals surface area contributed by atoms with Crippen LogP contribution in [0.4, 0.5) is 5.69 Å². The number of ether oxygens (including phenoxy) is 3. The maximum atomic E-state index is 12.6. The Labute approximate surface area is 215 Å². The Hall–Kier alpha value is -4.85. The van der Waals surface area contributed by atoms with E-state index in [1.54, 1.807) is 30.6 Å². The Morgan fingerprint density at radius 3 is 2.62 bits per heavy atom. The third-order valence-electron chi connectivity index (χ3n) is 5.37. The van der Waals surface area contributed by atoms with Crippen LogP contribution in [-0.2, 0) is 16.2 Å². The average molecular weight is 498 g/mol. The molecule has 1 aromatic heterocycles. The number of carbonyl (C=O) groups is 2. The molecule has 3 aromatic carbocycles. The summed E-state index contributed by atoms with van der Waals surface area (Å²) in [7, 11) is 1.49. The predicted molar refractivity (Wildman–Crippen MR) is 141 cm³/mol. The highest BCUT2D eigenvalue weighted by molar-refractivity contribution is 6.02. The lowest BCUT2D eigenvalue weighted by molar-refractivity contribution is -0.132. The molecule has 1 amide bonds. The van der Waals surface area contributed by atoms with Crippen LogP contribution >= 0.6 is 0 Å². The largest absolute Gasteiger partial charge is 0.493 e. The van der Waals surface area contributed by atoms with Gasteiger partial charge in [0.25, 0.3) is 0 Å². The minimum atomic E-state index is -0.459. The topological polar surface area (TPSA) is 91.7 Å². The van der Waals surface area contributed by atoms with E-state index in [2.05, 4.69) is 10.3 Å². The second-order valence-corrected chi connectivity index (χ2v) is 8.19. The number of hydrogen-bond acceptors (Lipinski definition) is 6. The Morgan fingerprint density at radius 1 is 1.03 bits per heavy atom. The van der Waals surface area contributed by atoms with Crippen LogP contribution in [0.5, 0.6) is 17.2 Å². The number of anilines is 1. The second-order valence-electron chi connectivity index (χ2n) is 8.19. The Morgan fingerprint density at radius 2 is 1.86 bits per heavy atom. The third kappa shape index (κ3) is 6.85. The van der Waals surface area contributed by atoms with E-state index in [1.165, 1.54) is 20.1 Å². The van der Waals surface area contributed by atoms with E-state index in [9.17, 15) is 9.59 Å². The first-order valence-electron chi connectivity index (χ1n) is 11.6. The molecule has 0 unspecified atom stereocenters. The summed E-state index contributed by atoms with van der Waals surface area (Å²) in [5.41, 5.74) is 4.03. The Bertz CT molecular complexity index is 1440. The number of imidazole rings is 1. The number of nitrogens with one attached hydrogen (secondary N) is 1. The number of esters is 1. The second kappa shape index (κ2) is 11.7. The van der Waals surface area contributed by atoms with Crippen LogP contribution in [0.25, 0.3) is 11.8 Å². The standard InChI is InChI=1S/C29H27N3O5/c1-20-17-32(19-30-20)24-8-6-9-25(16-24)36-18-23-7-4-5-10-26(23)31-29(34)14-12-22-11-13-27(35-3)28(15-22)37-21(2)33/h4-17,19H,18H2,1-3H3,(H,31,34). The van der Waals surface area contributed by atoms with Crippen molar-refractivity contribution in [3.8, 4) is 22.9 Å². The van der Waals surface area contributed by atoms with Crippen molar-refractivity contribution in [3.63, 3.8) is 0 Å². The number of methoxy groups -OCH3 is 1. The number of nitrogens with zero attached hydrogens (tertiary/aromatic N) is 2. The molecule has 4 rings (SSSR count). The number of hydrogen-bond donors (Lipinski definition) is 1. The fraction of sp³-hybridized carbons (Fsp3) is 0.138. The lowest BCUT2D eigenvalue weighted by Crippen LogP contribution is -2.10. The molecule has 0 fully saturated rings. The lowest BCUT2D eigenvalue weighted by atomic mass is 10.1. The Kier molecular flexibility index (Phi) is 8.00. The highest BCUT2D eigenvalue weighted by Gasteiger charge is 2.09. The van der Waals surface area contributed by atoms with Crippen molar-refractivity contribution >= 4 is 23.6 Å². The van der Waals surface area contributed by atoms with Crippen molar-refractivity contribution in [2.24, 2.45) is 0 Å². The van der Waals surface area contributed by atoms with E-state index in [0.717, 1.165) is 16.9 Å². The van der Waals surface area contributed by atoms with Gasteiger partial charge in [-0.25, -0.2) is 4.98 Å². The molecule has 1 N–H and O–H groups in total. The summed E-state index contributed by atoms with van der Waals surface area (Å²) < 4.78 is 18.3. The van der Waals surface area contributed by atoms with E-state index in [0.29, 0.717) is 22.7 Å². The minimum absolute atomic E-state index is 0.275. The van der Waals surface area contributed by atoms with Crippen LogP contribution < -0.4 is 19.5 Å². The first-order valence-corrected chi connectivity index (χ1v) is 11.6. The van der Waals surface area contributed by atoms with Crippen molar-refractivity contribution in [1.29, 1.82) is 0 Å². The van der Waals surface area contributed by atoms with Crippen molar-refractivity contribution in [2.75, 3.05) is 12.4 Å². The molecule has 0 radical (unpaired) electrons. The van der Waals surface area contributed by atoms with Gasteiger partial charge < -0.3 is 24.1 Å². The Balaban J connectivity index is 1.42. The van der Waals surface area contributed by atoms with Crippen molar-refractivity contribution < 1.29 is 23.8 Å². The summed E-state index contributed by atoms with van der Waals surface area (Å²) >= 11 is 0. The van der Waals surface area contributed by atoms with Gasteiger partial charge in [-0.1, -0.05) is 30.3 Å². The zero-order valence-electron chi connectivity index (χ0n) is 20.8. The van der Waals surface area contributed by atoms with Gasteiger partial charge >= 0.3 is 5.97 Å². The van der Waals surface area contributed by atoms with E-state index in [1.807, 2.05) is 66.2 Å².